The molecule has 2 amide bonds. The van der Waals surface area contributed by atoms with Gasteiger partial charge in [0.05, 0.1) is 6.61 Å². The van der Waals surface area contributed by atoms with Crippen LogP contribution in [0.3, 0.4) is 0 Å². The predicted molar refractivity (Wildman–Crippen MR) is 79.4 cm³/mol. The third-order valence-corrected chi connectivity index (χ3v) is 3.59. The second-order valence-corrected chi connectivity index (χ2v) is 5.57. The van der Waals surface area contributed by atoms with Gasteiger partial charge in [0.25, 0.3) is 0 Å². The summed E-state index contributed by atoms with van der Waals surface area (Å²) >= 11 is 0. The van der Waals surface area contributed by atoms with Crippen molar-refractivity contribution < 1.29 is 14.3 Å². The molecule has 0 heterocycles. The van der Waals surface area contributed by atoms with Gasteiger partial charge in [-0.2, -0.15) is 0 Å². The van der Waals surface area contributed by atoms with Gasteiger partial charge < -0.3 is 15.8 Å². The van der Waals surface area contributed by atoms with Crippen molar-refractivity contribution in [1.29, 1.82) is 0 Å². The fraction of sp³-hybridized carbons (Fsp3) is 0.500. The molecule has 21 heavy (non-hydrogen) atoms. The van der Waals surface area contributed by atoms with Crippen molar-refractivity contribution in [2.45, 2.75) is 38.3 Å². The molecule has 1 saturated carbocycles. The molecular weight excluding hydrogens is 268 g/mol. The van der Waals surface area contributed by atoms with Gasteiger partial charge in [0.15, 0.2) is 0 Å². The van der Waals surface area contributed by atoms with E-state index in [4.69, 9.17) is 10.5 Å². The molecule has 1 aromatic rings. The Morgan fingerprint density at radius 3 is 2.57 bits per heavy atom. The van der Waals surface area contributed by atoms with Gasteiger partial charge in [-0.15, -0.1) is 0 Å². The summed E-state index contributed by atoms with van der Waals surface area (Å²) in [7, 11) is 0. The van der Waals surface area contributed by atoms with Crippen LogP contribution in [0.5, 0.6) is 0 Å². The van der Waals surface area contributed by atoms with Crippen molar-refractivity contribution in [2.75, 3.05) is 6.61 Å². The van der Waals surface area contributed by atoms with Gasteiger partial charge in [0.1, 0.15) is 12.1 Å². The smallest absolute Gasteiger partial charge is 0.249 e. The van der Waals surface area contributed by atoms with E-state index in [9.17, 15) is 9.59 Å². The molecule has 1 fully saturated rings. The molecule has 2 rings (SSSR count). The van der Waals surface area contributed by atoms with Crippen molar-refractivity contribution in [1.82, 2.24) is 5.32 Å². The van der Waals surface area contributed by atoms with E-state index in [0.29, 0.717) is 18.9 Å². The van der Waals surface area contributed by atoms with E-state index < -0.39 is 18.1 Å². The Morgan fingerprint density at radius 2 is 2.00 bits per heavy atom. The Hall–Kier alpha value is -1.88. The number of hydrogen-bond donors (Lipinski definition) is 2. The van der Waals surface area contributed by atoms with Gasteiger partial charge in [0.2, 0.25) is 11.8 Å². The first-order valence-corrected chi connectivity index (χ1v) is 7.31. The molecule has 1 aliphatic carbocycles. The maximum absolute atomic E-state index is 12.0. The van der Waals surface area contributed by atoms with Crippen LogP contribution in [0, 0.1) is 5.92 Å². The van der Waals surface area contributed by atoms with Gasteiger partial charge in [0, 0.05) is 6.42 Å². The van der Waals surface area contributed by atoms with Crippen molar-refractivity contribution in [3.8, 4) is 0 Å². The monoisotopic (exact) mass is 290 g/mol. The summed E-state index contributed by atoms with van der Waals surface area (Å²) < 4.78 is 5.49. The summed E-state index contributed by atoms with van der Waals surface area (Å²) in [6, 6.07) is 8.75. The summed E-state index contributed by atoms with van der Waals surface area (Å²) in [6.07, 6.45) is 2.17. The Bertz CT molecular complexity index is 486. The maximum atomic E-state index is 12.0. The fourth-order valence-electron chi connectivity index (χ4n) is 2.00. The highest BCUT2D eigenvalue weighted by Crippen LogP contribution is 2.29. The molecule has 3 N–H and O–H groups in total. The molecule has 1 aliphatic rings. The molecule has 2 atom stereocenters. The number of benzene rings is 1. The number of carbonyl (C=O) groups is 2. The number of nitrogens with one attached hydrogen (secondary N) is 1. The number of amides is 2. The molecular formula is C16H22N2O3. The van der Waals surface area contributed by atoms with Crippen LogP contribution in [0.2, 0.25) is 0 Å². The summed E-state index contributed by atoms with van der Waals surface area (Å²) in [5, 5.41) is 2.67. The van der Waals surface area contributed by atoms with Crippen molar-refractivity contribution in [3.05, 3.63) is 35.9 Å². The first-order valence-electron chi connectivity index (χ1n) is 7.31. The molecule has 0 saturated heterocycles. The van der Waals surface area contributed by atoms with E-state index in [1.54, 1.807) is 6.92 Å². The lowest BCUT2D eigenvalue weighted by Crippen LogP contribution is -2.49. The second-order valence-electron chi connectivity index (χ2n) is 5.57. The summed E-state index contributed by atoms with van der Waals surface area (Å²) in [6.45, 7) is 2.30. The van der Waals surface area contributed by atoms with Crippen LogP contribution in [-0.4, -0.2) is 30.6 Å². The van der Waals surface area contributed by atoms with Crippen LogP contribution in [0.25, 0.3) is 0 Å². The molecule has 5 heteroatoms. The zero-order chi connectivity index (χ0) is 15.2. The Balaban J connectivity index is 1.86. The molecule has 0 bridgehead atoms. The number of nitrogens with two attached hydrogens (primary N) is 1. The largest absolute Gasteiger partial charge is 0.368 e. The Morgan fingerprint density at radius 1 is 1.33 bits per heavy atom. The number of ether oxygens (including phenoxy) is 1. The van der Waals surface area contributed by atoms with E-state index in [1.165, 1.54) is 12.8 Å². The van der Waals surface area contributed by atoms with Crippen LogP contribution in [0.1, 0.15) is 25.3 Å². The molecule has 5 nitrogen and oxygen atoms in total. The first-order chi connectivity index (χ1) is 10.1. The number of hydrogen-bond acceptors (Lipinski definition) is 3. The van der Waals surface area contributed by atoms with Crippen molar-refractivity contribution in [3.63, 3.8) is 0 Å². The predicted octanol–water partition coefficient (Wildman–Crippen LogP) is 1.01. The van der Waals surface area contributed by atoms with Crippen molar-refractivity contribution >= 4 is 11.8 Å². The van der Waals surface area contributed by atoms with Gasteiger partial charge in [-0.05, 0) is 31.2 Å². The summed E-state index contributed by atoms with van der Waals surface area (Å²) in [4.78, 5) is 23.5. The zero-order valence-corrected chi connectivity index (χ0v) is 12.2. The molecule has 0 unspecified atom stereocenters. The van der Waals surface area contributed by atoms with E-state index in [0.717, 1.165) is 5.56 Å². The van der Waals surface area contributed by atoms with E-state index in [-0.39, 0.29) is 5.91 Å². The average molecular weight is 290 g/mol. The number of carbonyl (C=O) groups excluding carboxylic acids is 2. The standard InChI is InChI=1S/C16H22N2O3/c1-11(21-10-13-7-8-13)16(20)18-14(15(17)19)9-12-5-3-2-4-6-12/h2-6,11,13-14H,7-10H2,1H3,(H2,17,19)(H,18,20)/t11-,14-/m1/s1. The highest BCUT2D eigenvalue weighted by Gasteiger charge is 2.26. The molecule has 0 radical (unpaired) electrons. The van der Waals surface area contributed by atoms with Gasteiger partial charge in [-0.1, -0.05) is 30.3 Å². The first kappa shape index (κ1) is 15.5. The second kappa shape index (κ2) is 7.22. The van der Waals surface area contributed by atoms with Gasteiger partial charge in [-0.25, -0.2) is 0 Å². The number of primary amides is 1. The SMILES string of the molecule is C[C@@H](OCC1CC1)C(=O)N[C@H](Cc1ccccc1)C(N)=O. The topological polar surface area (TPSA) is 81.4 Å². The highest BCUT2D eigenvalue weighted by atomic mass is 16.5. The fourth-order valence-corrected chi connectivity index (χ4v) is 2.00. The third-order valence-electron chi connectivity index (χ3n) is 3.59. The normalized spacial score (nSPS) is 17.0. The lowest BCUT2D eigenvalue weighted by atomic mass is 10.1. The molecule has 0 spiro atoms. The highest BCUT2D eigenvalue weighted by molar-refractivity contribution is 5.88. The van der Waals surface area contributed by atoms with E-state index in [2.05, 4.69) is 5.32 Å². The van der Waals surface area contributed by atoms with Crippen LogP contribution in [-0.2, 0) is 20.7 Å². The van der Waals surface area contributed by atoms with E-state index >= 15 is 0 Å². The van der Waals surface area contributed by atoms with Crippen LogP contribution in [0.4, 0.5) is 0 Å². The summed E-state index contributed by atoms with van der Waals surface area (Å²) in [5.74, 6) is -0.242. The lowest BCUT2D eigenvalue weighted by molar-refractivity contribution is -0.135. The van der Waals surface area contributed by atoms with Crippen molar-refractivity contribution in [2.24, 2.45) is 11.7 Å². The minimum absolute atomic E-state index is 0.296. The quantitative estimate of drug-likeness (QED) is 0.750. The molecule has 0 aromatic heterocycles. The molecule has 0 aliphatic heterocycles. The van der Waals surface area contributed by atoms with Crippen LogP contribution < -0.4 is 11.1 Å². The minimum atomic E-state index is -0.716. The lowest BCUT2D eigenvalue weighted by Gasteiger charge is -2.19. The van der Waals surface area contributed by atoms with Gasteiger partial charge in [-0.3, -0.25) is 9.59 Å². The average Bonchev–Trinajstić information content (AvgIpc) is 3.29. The Kier molecular flexibility index (Phi) is 5.33. The van der Waals surface area contributed by atoms with Crippen LogP contribution in [0.15, 0.2) is 30.3 Å². The summed E-state index contributed by atoms with van der Waals surface area (Å²) in [5.41, 5.74) is 6.32. The minimum Gasteiger partial charge on any atom is -0.368 e. The number of rotatable bonds is 8. The Labute approximate surface area is 124 Å². The van der Waals surface area contributed by atoms with Gasteiger partial charge >= 0.3 is 0 Å². The van der Waals surface area contributed by atoms with Crippen LogP contribution >= 0.6 is 0 Å². The third kappa shape index (κ3) is 5.19. The molecule has 1 aromatic carbocycles. The zero-order valence-electron chi connectivity index (χ0n) is 12.2. The maximum Gasteiger partial charge on any atom is 0.249 e. The molecule has 114 valence electrons. The van der Waals surface area contributed by atoms with E-state index in [1.807, 2.05) is 30.3 Å².